The van der Waals surface area contributed by atoms with Gasteiger partial charge in [0.1, 0.15) is 0 Å². The summed E-state index contributed by atoms with van der Waals surface area (Å²) < 4.78 is 0. The average molecular weight is 177 g/mol. The Balaban J connectivity index is 2.32. The van der Waals surface area contributed by atoms with Crippen molar-refractivity contribution in [1.82, 2.24) is 0 Å². The molecule has 0 saturated carbocycles. The first kappa shape index (κ1) is 10.6. The Morgan fingerprint density at radius 1 is 1.23 bits per heavy atom. The highest BCUT2D eigenvalue weighted by molar-refractivity contribution is 5.41. The fourth-order valence-corrected chi connectivity index (χ4v) is 1.68. The lowest BCUT2D eigenvalue weighted by Gasteiger charge is -2.02. The Kier molecular flexibility index (Phi) is 4.27. The molecule has 73 valence electrons. The molecule has 0 nitrogen and oxygen atoms in total. The summed E-state index contributed by atoms with van der Waals surface area (Å²) in [4.78, 5) is 0. The monoisotopic (exact) mass is 177 g/mol. The lowest BCUT2D eigenvalue weighted by molar-refractivity contribution is 0.650. The van der Waals surface area contributed by atoms with Gasteiger partial charge in [0.25, 0.3) is 0 Å². The molecule has 0 heterocycles. The Labute approximate surface area is 82.7 Å². The first-order chi connectivity index (χ1) is 6.22. The third-order valence-electron chi connectivity index (χ3n) is 2.35. The third-order valence-corrected chi connectivity index (χ3v) is 2.35. The van der Waals surface area contributed by atoms with Crippen molar-refractivity contribution in [1.29, 1.82) is 0 Å². The molecule has 0 aromatic rings. The van der Waals surface area contributed by atoms with E-state index in [4.69, 9.17) is 0 Å². The van der Waals surface area contributed by atoms with Gasteiger partial charge in [-0.25, -0.2) is 0 Å². The zero-order chi connectivity index (χ0) is 9.68. The van der Waals surface area contributed by atoms with Crippen molar-refractivity contribution in [3.05, 3.63) is 29.7 Å². The van der Waals surface area contributed by atoms with Crippen LogP contribution in [0.15, 0.2) is 23.3 Å². The summed E-state index contributed by atoms with van der Waals surface area (Å²) in [5.74, 6) is 0.779. The molecule has 0 fully saturated rings. The largest absolute Gasteiger partial charge is 0.0732 e. The Morgan fingerprint density at radius 2 is 2.00 bits per heavy atom. The van der Waals surface area contributed by atoms with E-state index in [2.05, 4.69) is 39.3 Å². The Morgan fingerprint density at radius 3 is 2.62 bits per heavy atom. The molecule has 0 saturated heterocycles. The van der Waals surface area contributed by atoms with E-state index in [1.807, 2.05) is 0 Å². The molecule has 0 amide bonds. The maximum Gasteiger partial charge on any atom is 0.00863 e. The standard InChI is InChI=1S/C13H21/c1-4-5-6-12-7-8-13(10-12)9-11(2)3/h7-8,10-11H,4-6,9H2,1-3H3. The maximum atomic E-state index is 2.37. The van der Waals surface area contributed by atoms with Crippen LogP contribution in [0.3, 0.4) is 0 Å². The molecule has 1 radical (unpaired) electrons. The van der Waals surface area contributed by atoms with Crippen LogP contribution in [0.1, 0.15) is 46.5 Å². The Hall–Kier alpha value is -0.520. The van der Waals surface area contributed by atoms with E-state index in [0.29, 0.717) is 0 Å². The van der Waals surface area contributed by atoms with Crippen LogP contribution in [0.5, 0.6) is 0 Å². The predicted molar refractivity (Wildman–Crippen MR) is 59.4 cm³/mol. The Bertz CT molecular complexity index is 206. The van der Waals surface area contributed by atoms with Crippen LogP contribution in [0.25, 0.3) is 0 Å². The fourth-order valence-electron chi connectivity index (χ4n) is 1.68. The molecule has 0 bridgehead atoms. The van der Waals surface area contributed by atoms with E-state index in [0.717, 1.165) is 5.92 Å². The minimum absolute atomic E-state index is 0.779. The van der Waals surface area contributed by atoms with Gasteiger partial charge in [0.05, 0.1) is 0 Å². The number of unbranched alkanes of at least 4 members (excludes halogenated alkanes) is 1. The number of allylic oxidation sites excluding steroid dienone is 4. The molecule has 13 heavy (non-hydrogen) atoms. The second kappa shape index (κ2) is 5.26. The summed E-state index contributed by atoms with van der Waals surface area (Å²) >= 11 is 0. The predicted octanol–water partition coefficient (Wildman–Crippen LogP) is 4.29. The summed E-state index contributed by atoms with van der Waals surface area (Å²) in [5, 5.41) is 0. The van der Waals surface area contributed by atoms with Gasteiger partial charge in [0, 0.05) is 6.42 Å². The molecule has 0 aromatic heterocycles. The van der Waals surface area contributed by atoms with E-state index in [1.54, 1.807) is 0 Å². The molecule has 1 aliphatic carbocycles. The van der Waals surface area contributed by atoms with Crippen LogP contribution in [-0.2, 0) is 0 Å². The summed E-state index contributed by atoms with van der Waals surface area (Å²) in [7, 11) is 0. The van der Waals surface area contributed by atoms with Crippen LogP contribution in [0.2, 0.25) is 0 Å². The van der Waals surface area contributed by atoms with Gasteiger partial charge >= 0.3 is 0 Å². The normalized spacial score (nSPS) is 16.3. The van der Waals surface area contributed by atoms with E-state index in [-0.39, 0.29) is 0 Å². The topological polar surface area (TPSA) is 0 Å². The molecule has 1 rings (SSSR count). The van der Waals surface area contributed by atoms with Crippen LogP contribution >= 0.6 is 0 Å². The molecule has 0 aromatic carbocycles. The van der Waals surface area contributed by atoms with Crippen LogP contribution in [-0.4, -0.2) is 0 Å². The van der Waals surface area contributed by atoms with Crippen molar-refractivity contribution >= 4 is 0 Å². The van der Waals surface area contributed by atoms with Crippen molar-refractivity contribution in [3.8, 4) is 0 Å². The SMILES string of the molecule is CCCCC1=CC(CC(C)C)=C[CH]1. The smallest absolute Gasteiger partial charge is 0.00863 e. The van der Waals surface area contributed by atoms with E-state index >= 15 is 0 Å². The van der Waals surface area contributed by atoms with Crippen molar-refractivity contribution < 1.29 is 0 Å². The van der Waals surface area contributed by atoms with E-state index in [1.165, 1.54) is 36.8 Å². The van der Waals surface area contributed by atoms with E-state index < -0.39 is 0 Å². The summed E-state index contributed by atoms with van der Waals surface area (Å²) in [5.41, 5.74) is 3.04. The summed E-state index contributed by atoms with van der Waals surface area (Å²) in [6.07, 6.45) is 12.0. The molecular formula is C13H21. The highest BCUT2D eigenvalue weighted by Gasteiger charge is 2.07. The third kappa shape index (κ3) is 3.80. The van der Waals surface area contributed by atoms with Gasteiger partial charge < -0.3 is 0 Å². The van der Waals surface area contributed by atoms with Gasteiger partial charge in [-0.1, -0.05) is 50.5 Å². The number of hydrogen-bond donors (Lipinski definition) is 0. The van der Waals surface area contributed by atoms with Gasteiger partial charge in [0.2, 0.25) is 0 Å². The minimum Gasteiger partial charge on any atom is -0.0732 e. The molecule has 0 spiro atoms. The molecule has 1 aliphatic rings. The van der Waals surface area contributed by atoms with Gasteiger partial charge in [-0.3, -0.25) is 0 Å². The highest BCUT2D eigenvalue weighted by Crippen LogP contribution is 2.25. The molecule has 0 unspecified atom stereocenters. The fraction of sp³-hybridized carbons (Fsp3) is 0.615. The minimum atomic E-state index is 0.779. The van der Waals surface area contributed by atoms with Gasteiger partial charge in [-0.15, -0.1) is 0 Å². The molecule has 0 aliphatic heterocycles. The zero-order valence-corrected chi connectivity index (χ0v) is 9.14. The van der Waals surface area contributed by atoms with Gasteiger partial charge in [-0.05, 0) is 25.2 Å². The first-order valence-corrected chi connectivity index (χ1v) is 5.47. The zero-order valence-electron chi connectivity index (χ0n) is 9.14. The van der Waals surface area contributed by atoms with Crippen LogP contribution in [0, 0.1) is 12.3 Å². The van der Waals surface area contributed by atoms with Crippen molar-refractivity contribution in [2.24, 2.45) is 5.92 Å². The molecule has 0 atom stereocenters. The second-order valence-electron chi connectivity index (χ2n) is 4.33. The van der Waals surface area contributed by atoms with E-state index in [9.17, 15) is 0 Å². The molecule has 0 heteroatoms. The molecule has 0 N–H and O–H groups in total. The summed E-state index contributed by atoms with van der Waals surface area (Å²) in [6.45, 7) is 6.80. The quantitative estimate of drug-likeness (QED) is 0.587. The summed E-state index contributed by atoms with van der Waals surface area (Å²) in [6, 6.07) is 0. The van der Waals surface area contributed by atoms with Crippen LogP contribution in [0.4, 0.5) is 0 Å². The van der Waals surface area contributed by atoms with Gasteiger partial charge in [-0.2, -0.15) is 0 Å². The van der Waals surface area contributed by atoms with Crippen molar-refractivity contribution in [2.45, 2.75) is 46.5 Å². The molecular weight excluding hydrogens is 156 g/mol. The van der Waals surface area contributed by atoms with Crippen LogP contribution < -0.4 is 0 Å². The number of rotatable bonds is 5. The maximum absolute atomic E-state index is 2.37. The lowest BCUT2D eigenvalue weighted by atomic mass is 10.0. The van der Waals surface area contributed by atoms with Crippen molar-refractivity contribution in [3.63, 3.8) is 0 Å². The highest BCUT2D eigenvalue weighted by atomic mass is 14.1. The average Bonchev–Trinajstić information content (AvgIpc) is 2.48. The first-order valence-electron chi connectivity index (χ1n) is 5.47. The van der Waals surface area contributed by atoms with Gasteiger partial charge in [0.15, 0.2) is 0 Å². The van der Waals surface area contributed by atoms with Crippen molar-refractivity contribution in [2.75, 3.05) is 0 Å². The second-order valence-corrected chi connectivity index (χ2v) is 4.33. The number of hydrogen-bond acceptors (Lipinski definition) is 0. The lowest BCUT2D eigenvalue weighted by Crippen LogP contribution is -1.87.